The number of unbranched alkanes of at least 4 members (excludes halogenated alkanes) is 1. The lowest BCUT2D eigenvalue weighted by Gasteiger charge is -2.32. The van der Waals surface area contributed by atoms with Crippen molar-refractivity contribution in [3.63, 3.8) is 0 Å². The smallest absolute Gasteiger partial charge is 0.320 e. The topological polar surface area (TPSA) is 68.2 Å². The molecule has 31 heavy (non-hydrogen) atoms. The van der Waals surface area contributed by atoms with E-state index in [0.29, 0.717) is 30.3 Å². The van der Waals surface area contributed by atoms with Crippen molar-refractivity contribution in [2.75, 3.05) is 20.8 Å². The largest absolute Gasteiger partial charge is 0.493 e. The molecule has 6 nitrogen and oxygen atoms in total. The quantitative estimate of drug-likeness (QED) is 0.540. The van der Waals surface area contributed by atoms with Crippen LogP contribution in [0.15, 0.2) is 42.5 Å². The molecule has 168 valence electrons. The summed E-state index contributed by atoms with van der Waals surface area (Å²) in [6.07, 6.45) is 4.53. The van der Waals surface area contributed by atoms with Gasteiger partial charge in [-0.25, -0.2) is 0 Å². The van der Waals surface area contributed by atoms with Crippen molar-refractivity contribution < 1.29 is 24.1 Å². The van der Waals surface area contributed by atoms with Crippen LogP contribution in [0.4, 0.5) is 0 Å². The van der Waals surface area contributed by atoms with Crippen LogP contribution in [0.25, 0.3) is 0 Å². The van der Waals surface area contributed by atoms with E-state index >= 15 is 0 Å². The molecule has 3 rings (SSSR count). The van der Waals surface area contributed by atoms with Gasteiger partial charge in [-0.2, -0.15) is 0 Å². The summed E-state index contributed by atoms with van der Waals surface area (Å²) in [6, 6.07) is 13.4. The Hall–Kier alpha value is -2.73. The Labute approximate surface area is 184 Å². The van der Waals surface area contributed by atoms with E-state index < -0.39 is 12.0 Å². The molecule has 2 atom stereocenters. The standard InChI is InChI=1S/C25H33NO5/c1-4-5-12-20(26-14-9-13-21(26)25(27)28)19-15-22(29-2)24(23(16-19)30-3)31-17-18-10-7-6-8-11-18/h6-8,10-11,15-16,20-21H,4-5,9,12-14,17H2,1-3H3,(H,27,28). The van der Waals surface area contributed by atoms with Crippen LogP contribution in [0.3, 0.4) is 0 Å². The fourth-order valence-electron chi connectivity index (χ4n) is 4.31. The van der Waals surface area contributed by atoms with E-state index in [1.807, 2.05) is 42.5 Å². The molecule has 2 aromatic rings. The predicted molar refractivity (Wildman–Crippen MR) is 120 cm³/mol. The van der Waals surface area contributed by atoms with Crippen LogP contribution in [0.2, 0.25) is 0 Å². The van der Waals surface area contributed by atoms with Crippen LogP contribution in [0, 0.1) is 0 Å². The number of carboxylic acids is 1. The third kappa shape index (κ3) is 5.50. The van der Waals surface area contributed by atoms with Gasteiger partial charge in [0.25, 0.3) is 0 Å². The van der Waals surface area contributed by atoms with Gasteiger partial charge in [-0.3, -0.25) is 9.69 Å². The van der Waals surface area contributed by atoms with E-state index in [0.717, 1.165) is 43.4 Å². The molecule has 0 saturated carbocycles. The zero-order valence-corrected chi connectivity index (χ0v) is 18.7. The van der Waals surface area contributed by atoms with Crippen molar-refractivity contribution >= 4 is 5.97 Å². The Morgan fingerprint density at radius 1 is 1.16 bits per heavy atom. The molecule has 0 spiro atoms. The number of hydrogen-bond donors (Lipinski definition) is 1. The third-order valence-electron chi connectivity index (χ3n) is 5.90. The van der Waals surface area contributed by atoms with Gasteiger partial charge in [-0.05, 0) is 49.1 Å². The Morgan fingerprint density at radius 3 is 2.42 bits per heavy atom. The van der Waals surface area contributed by atoms with Crippen molar-refractivity contribution in [1.29, 1.82) is 0 Å². The van der Waals surface area contributed by atoms with E-state index in [2.05, 4.69) is 11.8 Å². The van der Waals surface area contributed by atoms with Gasteiger partial charge in [-0.15, -0.1) is 0 Å². The van der Waals surface area contributed by atoms with Gasteiger partial charge in [-0.1, -0.05) is 50.1 Å². The highest BCUT2D eigenvalue weighted by Gasteiger charge is 2.36. The number of nitrogens with zero attached hydrogens (tertiary/aromatic N) is 1. The number of likely N-dealkylation sites (tertiary alicyclic amines) is 1. The molecule has 0 amide bonds. The van der Waals surface area contributed by atoms with E-state index in [1.54, 1.807) is 14.2 Å². The summed E-state index contributed by atoms with van der Waals surface area (Å²) in [5.41, 5.74) is 2.06. The molecule has 2 unspecified atom stereocenters. The lowest BCUT2D eigenvalue weighted by atomic mass is 9.97. The summed E-state index contributed by atoms with van der Waals surface area (Å²) in [4.78, 5) is 14.0. The summed E-state index contributed by atoms with van der Waals surface area (Å²) >= 11 is 0. The average Bonchev–Trinajstić information content (AvgIpc) is 3.28. The van der Waals surface area contributed by atoms with Crippen LogP contribution >= 0.6 is 0 Å². The van der Waals surface area contributed by atoms with Crippen LogP contribution in [-0.4, -0.2) is 42.8 Å². The van der Waals surface area contributed by atoms with Gasteiger partial charge in [0.05, 0.1) is 14.2 Å². The van der Waals surface area contributed by atoms with Crippen molar-refractivity contribution in [3.8, 4) is 17.2 Å². The second-order valence-electron chi connectivity index (χ2n) is 7.92. The highest BCUT2D eigenvalue weighted by molar-refractivity contribution is 5.74. The minimum atomic E-state index is -0.749. The van der Waals surface area contributed by atoms with Crippen LogP contribution in [-0.2, 0) is 11.4 Å². The SMILES string of the molecule is CCCCC(c1cc(OC)c(OCc2ccccc2)c(OC)c1)N1CCCC1C(=O)O. The summed E-state index contributed by atoms with van der Waals surface area (Å²) in [5, 5.41) is 9.72. The van der Waals surface area contributed by atoms with Crippen molar-refractivity contribution in [2.45, 2.75) is 57.7 Å². The van der Waals surface area contributed by atoms with Gasteiger partial charge < -0.3 is 19.3 Å². The van der Waals surface area contributed by atoms with E-state index in [-0.39, 0.29) is 6.04 Å². The highest BCUT2D eigenvalue weighted by Crippen LogP contribution is 2.43. The number of hydrogen-bond acceptors (Lipinski definition) is 5. The summed E-state index contributed by atoms with van der Waals surface area (Å²) in [7, 11) is 3.23. The fraction of sp³-hybridized carbons (Fsp3) is 0.480. The van der Waals surface area contributed by atoms with E-state index in [4.69, 9.17) is 14.2 Å². The first-order chi connectivity index (χ1) is 15.1. The molecule has 1 aliphatic rings. The Morgan fingerprint density at radius 2 is 1.84 bits per heavy atom. The lowest BCUT2D eigenvalue weighted by Crippen LogP contribution is -2.38. The number of rotatable bonds is 11. The maximum absolute atomic E-state index is 11.8. The molecule has 2 aromatic carbocycles. The molecule has 0 bridgehead atoms. The number of aliphatic carboxylic acids is 1. The Kier molecular flexibility index (Phi) is 8.18. The first-order valence-corrected chi connectivity index (χ1v) is 11.0. The molecule has 1 N–H and O–H groups in total. The molecule has 1 fully saturated rings. The first-order valence-electron chi connectivity index (χ1n) is 11.0. The van der Waals surface area contributed by atoms with Gasteiger partial charge >= 0.3 is 5.97 Å². The zero-order chi connectivity index (χ0) is 22.2. The van der Waals surface area contributed by atoms with Gasteiger partial charge in [0.15, 0.2) is 11.5 Å². The summed E-state index contributed by atoms with van der Waals surface area (Å²) in [5.74, 6) is 1.000. The van der Waals surface area contributed by atoms with Crippen LogP contribution in [0.1, 0.15) is 56.2 Å². The minimum Gasteiger partial charge on any atom is -0.493 e. The zero-order valence-electron chi connectivity index (χ0n) is 18.7. The fourth-order valence-corrected chi connectivity index (χ4v) is 4.31. The number of carbonyl (C=O) groups is 1. The number of benzene rings is 2. The van der Waals surface area contributed by atoms with Crippen LogP contribution in [0.5, 0.6) is 17.2 Å². The maximum Gasteiger partial charge on any atom is 0.320 e. The molecule has 1 heterocycles. The number of carboxylic acid groups (broad SMARTS) is 1. The number of ether oxygens (including phenoxy) is 3. The molecular formula is C25H33NO5. The lowest BCUT2D eigenvalue weighted by molar-refractivity contribution is -0.143. The van der Waals surface area contributed by atoms with Gasteiger partial charge in [0.2, 0.25) is 5.75 Å². The molecule has 0 aromatic heterocycles. The minimum absolute atomic E-state index is 0.00507. The second kappa shape index (κ2) is 11.0. The monoisotopic (exact) mass is 427 g/mol. The van der Waals surface area contributed by atoms with Crippen molar-refractivity contribution in [3.05, 3.63) is 53.6 Å². The second-order valence-corrected chi connectivity index (χ2v) is 7.92. The average molecular weight is 428 g/mol. The normalized spacial score (nSPS) is 17.3. The molecule has 0 aliphatic carbocycles. The summed E-state index contributed by atoms with van der Waals surface area (Å²) in [6.45, 7) is 3.33. The highest BCUT2D eigenvalue weighted by atomic mass is 16.5. The molecule has 6 heteroatoms. The van der Waals surface area contributed by atoms with Crippen LogP contribution < -0.4 is 14.2 Å². The molecular weight excluding hydrogens is 394 g/mol. The molecule has 1 saturated heterocycles. The predicted octanol–water partition coefficient (Wildman–Crippen LogP) is 5.06. The van der Waals surface area contributed by atoms with E-state index in [1.165, 1.54) is 0 Å². The summed E-state index contributed by atoms with van der Waals surface area (Å²) < 4.78 is 17.4. The van der Waals surface area contributed by atoms with Crippen molar-refractivity contribution in [1.82, 2.24) is 4.90 Å². The van der Waals surface area contributed by atoms with Gasteiger partial charge in [0.1, 0.15) is 12.6 Å². The van der Waals surface area contributed by atoms with E-state index in [9.17, 15) is 9.90 Å². The Bertz CT molecular complexity index is 829. The first kappa shape index (κ1) is 22.9. The van der Waals surface area contributed by atoms with Gasteiger partial charge in [0, 0.05) is 6.04 Å². The number of methoxy groups -OCH3 is 2. The molecule has 0 radical (unpaired) electrons. The Balaban J connectivity index is 1.93. The molecule has 1 aliphatic heterocycles. The third-order valence-corrected chi connectivity index (χ3v) is 5.90. The maximum atomic E-state index is 11.8. The van der Waals surface area contributed by atoms with Crippen molar-refractivity contribution in [2.24, 2.45) is 0 Å².